The maximum Gasteiger partial charge on any atom is 0.405 e. The van der Waals surface area contributed by atoms with Crippen molar-refractivity contribution in [1.29, 1.82) is 0 Å². The van der Waals surface area contributed by atoms with E-state index in [-0.39, 0.29) is 11.9 Å². The summed E-state index contributed by atoms with van der Waals surface area (Å²) in [7, 11) is 0. The minimum Gasteiger partial charge on any atom is -0.465 e. The van der Waals surface area contributed by atoms with Crippen LogP contribution >= 0.6 is 0 Å². The predicted molar refractivity (Wildman–Crippen MR) is 142 cm³/mol. The zero-order valence-corrected chi connectivity index (χ0v) is 21.9. The minimum absolute atomic E-state index is 0.0699. The number of carbonyl (C=O) groups is 2. The van der Waals surface area contributed by atoms with Gasteiger partial charge >= 0.3 is 11.7 Å². The summed E-state index contributed by atoms with van der Waals surface area (Å²) in [6.45, 7) is 7.39. The van der Waals surface area contributed by atoms with Crippen molar-refractivity contribution in [2.24, 2.45) is 11.8 Å². The molecule has 0 spiro atoms. The van der Waals surface area contributed by atoms with E-state index >= 15 is 0 Å². The van der Waals surface area contributed by atoms with Gasteiger partial charge in [0, 0.05) is 38.8 Å². The zero-order valence-electron chi connectivity index (χ0n) is 21.9. The molecule has 3 aliphatic rings. The van der Waals surface area contributed by atoms with E-state index in [1.54, 1.807) is 13.8 Å². The molecule has 0 bridgehead atoms. The number of hydrogen-bond donors (Lipinski definition) is 2. The number of hydrogen-bond acceptors (Lipinski definition) is 5. The minimum atomic E-state index is -1.02. The topological polar surface area (TPSA) is 103 Å². The Labute approximate surface area is 218 Å². The molecule has 2 unspecified atom stereocenters. The molecule has 37 heavy (non-hydrogen) atoms. The van der Waals surface area contributed by atoms with Crippen molar-refractivity contribution in [3.63, 3.8) is 0 Å². The third kappa shape index (κ3) is 7.01. The van der Waals surface area contributed by atoms with Crippen LogP contribution in [0.15, 0.2) is 45.6 Å². The normalized spacial score (nSPS) is 21.7. The van der Waals surface area contributed by atoms with Gasteiger partial charge in [0.1, 0.15) is 5.76 Å². The first kappa shape index (κ1) is 26.9. The summed E-state index contributed by atoms with van der Waals surface area (Å²) in [5, 5.41) is 11.8. The Morgan fingerprint density at radius 1 is 1.00 bits per heavy atom. The van der Waals surface area contributed by atoms with Crippen molar-refractivity contribution in [2.45, 2.75) is 58.4 Å². The van der Waals surface area contributed by atoms with E-state index in [1.165, 1.54) is 38.2 Å². The van der Waals surface area contributed by atoms with Gasteiger partial charge in [0.25, 0.3) is 5.91 Å². The van der Waals surface area contributed by atoms with Crippen molar-refractivity contribution in [2.75, 3.05) is 32.7 Å². The van der Waals surface area contributed by atoms with Gasteiger partial charge in [-0.05, 0) is 43.2 Å². The maximum absolute atomic E-state index is 13.1. The van der Waals surface area contributed by atoms with Gasteiger partial charge in [-0.3, -0.25) is 4.79 Å². The molecule has 3 atom stereocenters. The average Bonchev–Trinajstić information content (AvgIpc) is 3.61. The van der Waals surface area contributed by atoms with Crippen LogP contribution in [-0.2, 0) is 0 Å². The summed E-state index contributed by atoms with van der Waals surface area (Å²) < 4.78 is 5.14. The summed E-state index contributed by atoms with van der Waals surface area (Å²) >= 11 is 0. The molecular weight excluding hydrogens is 470 g/mol. The van der Waals surface area contributed by atoms with Gasteiger partial charge in [0.2, 0.25) is 0 Å². The molecule has 0 radical (unpaired) electrons. The number of nitrogens with one attached hydrogen (secondary N) is 1. The third-order valence-corrected chi connectivity index (χ3v) is 7.88. The van der Waals surface area contributed by atoms with E-state index in [4.69, 9.17) is 4.42 Å². The first-order chi connectivity index (χ1) is 17.8. The largest absolute Gasteiger partial charge is 0.465 e. The Hall–Kier alpha value is -3.13. The molecule has 1 saturated carbocycles. The number of rotatable bonds is 6. The van der Waals surface area contributed by atoms with E-state index in [9.17, 15) is 19.5 Å². The Balaban J connectivity index is 0.000000572. The van der Waals surface area contributed by atoms with Crippen LogP contribution in [0.1, 0.15) is 71.8 Å². The fourth-order valence-corrected chi connectivity index (χ4v) is 6.03. The maximum atomic E-state index is 13.1. The SMILES string of the molecule is C1CCCC1.Cc1cc(=O)oc(C)c1C(=O)N1CC2CN(CCC(NC(=O)O)c3ccccc3)C[C@H]2C1. The van der Waals surface area contributed by atoms with Crippen molar-refractivity contribution in [3.05, 3.63) is 69.3 Å². The highest BCUT2D eigenvalue weighted by atomic mass is 16.4. The van der Waals surface area contributed by atoms with Crippen LogP contribution in [0.25, 0.3) is 0 Å². The smallest absolute Gasteiger partial charge is 0.405 e. The second-order valence-corrected chi connectivity index (χ2v) is 10.6. The highest BCUT2D eigenvalue weighted by Gasteiger charge is 2.42. The molecule has 2 aromatic rings. The van der Waals surface area contributed by atoms with Crippen LogP contribution in [0.3, 0.4) is 0 Å². The number of carbonyl (C=O) groups excluding carboxylic acids is 1. The van der Waals surface area contributed by atoms with E-state index in [0.717, 1.165) is 25.2 Å². The lowest BCUT2D eigenvalue weighted by Crippen LogP contribution is -2.35. The van der Waals surface area contributed by atoms with Crippen molar-refractivity contribution >= 4 is 12.0 Å². The Morgan fingerprint density at radius 3 is 2.14 bits per heavy atom. The molecule has 8 nitrogen and oxygen atoms in total. The molecule has 1 aromatic heterocycles. The molecule has 1 aromatic carbocycles. The van der Waals surface area contributed by atoms with Crippen LogP contribution < -0.4 is 10.9 Å². The molecule has 3 heterocycles. The molecule has 2 N–H and O–H groups in total. The Kier molecular flexibility index (Phi) is 9.03. The fourth-order valence-electron chi connectivity index (χ4n) is 6.03. The van der Waals surface area contributed by atoms with Gasteiger partial charge in [-0.2, -0.15) is 0 Å². The van der Waals surface area contributed by atoms with Gasteiger partial charge in [-0.1, -0.05) is 62.4 Å². The standard InChI is InChI=1S/C24H29N3O5.C5H10/c1-15-10-21(28)32-16(2)22(15)23(29)27-13-18-11-26(12-19(18)14-27)9-8-20(25-24(30)31)17-6-4-3-5-7-17;1-2-4-5-3-1/h3-7,10,18-20,25H,8-9,11-14H2,1-2H3,(H,30,31);1-5H2/t18-,19?,20?;/m0./s1. The molecule has 2 amide bonds. The number of likely N-dealkylation sites (tertiary alicyclic amines) is 2. The summed E-state index contributed by atoms with van der Waals surface area (Å²) in [4.78, 5) is 40.1. The molecule has 2 saturated heterocycles. The first-order valence-corrected chi connectivity index (χ1v) is 13.5. The highest BCUT2D eigenvalue weighted by molar-refractivity contribution is 5.96. The van der Waals surface area contributed by atoms with Gasteiger partial charge in [-0.15, -0.1) is 0 Å². The van der Waals surface area contributed by atoms with Gasteiger partial charge in [-0.25, -0.2) is 9.59 Å². The highest BCUT2D eigenvalue weighted by Crippen LogP contribution is 2.33. The molecule has 1 aliphatic carbocycles. The molecule has 2 aliphatic heterocycles. The van der Waals surface area contributed by atoms with Crippen LogP contribution in [-0.4, -0.2) is 59.6 Å². The van der Waals surface area contributed by atoms with Crippen LogP contribution in [0.5, 0.6) is 0 Å². The summed E-state index contributed by atoms with van der Waals surface area (Å²) in [5.41, 5.74) is 1.68. The number of aryl methyl sites for hydroxylation is 2. The molecule has 200 valence electrons. The van der Waals surface area contributed by atoms with E-state index < -0.39 is 11.7 Å². The Morgan fingerprint density at radius 2 is 1.59 bits per heavy atom. The predicted octanol–water partition coefficient (Wildman–Crippen LogP) is 4.61. The quantitative estimate of drug-likeness (QED) is 0.590. The monoisotopic (exact) mass is 509 g/mol. The van der Waals surface area contributed by atoms with Gasteiger partial charge in [0.05, 0.1) is 11.6 Å². The van der Waals surface area contributed by atoms with Crippen molar-refractivity contribution in [3.8, 4) is 0 Å². The lowest BCUT2D eigenvalue weighted by atomic mass is 10.0. The van der Waals surface area contributed by atoms with Crippen molar-refractivity contribution in [1.82, 2.24) is 15.1 Å². The number of carboxylic acid groups (broad SMARTS) is 1. The summed E-state index contributed by atoms with van der Waals surface area (Å²) in [5.74, 6) is 1.10. The van der Waals surface area contributed by atoms with Crippen LogP contribution in [0.4, 0.5) is 4.79 Å². The number of benzene rings is 1. The summed E-state index contributed by atoms with van der Waals surface area (Å²) in [6, 6.07) is 10.8. The Bertz CT molecular complexity index is 1080. The van der Waals surface area contributed by atoms with E-state index in [2.05, 4.69) is 10.2 Å². The van der Waals surface area contributed by atoms with Crippen LogP contribution in [0, 0.1) is 25.7 Å². The van der Waals surface area contributed by atoms with E-state index in [0.29, 0.717) is 48.2 Å². The zero-order chi connectivity index (χ0) is 26.4. The number of amides is 2. The van der Waals surface area contributed by atoms with Crippen molar-refractivity contribution < 1.29 is 19.1 Å². The molecule has 8 heteroatoms. The third-order valence-electron chi connectivity index (χ3n) is 7.88. The first-order valence-electron chi connectivity index (χ1n) is 13.5. The second-order valence-electron chi connectivity index (χ2n) is 10.6. The van der Waals surface area contributed by atoms with Crippen LogP contribution in [0.2, 0.25) is 0 Å². The fraction of sp³-hybridized carbons (Fsp3) is 0.552. The second kappa shape index (κ2) is 12.4. The molecule has 5 rings (SSSR count). The van der Waals surface area contributed by atoms with E-state index in [1.807, 2.05) is 35.2 Å². The summed E-state index contributed by atoms with van der Waals surface area (Å²) in [6.07, 6.45) is 7.17. The lowest BCUT2D eigenvalue weighted by molar-refractivity contribution is 0.0769. The van der Waals surface area contributed by atoms with Gasteiger partial charge < -0.3 is 24.6 Å². The lowest BCUT2D eigenvalue weighted by Gasteiger charge is -2.24. The average molecular weight is 510 g/mol. The molecule has 3 fully saturated rings. The molecular formula is C29H39N3O5. The van der Waals surface area contributed by atoms with Gasteiger partial charge in [0.15, 0.2) is 0 Å². The number of fused-ring (bicyclic) bond motifs is 1. The number of nitrogens with zero attached hydrogens (tertiary/aromatic N) is 2.